The van der Waals surface area contributed by atoms with Crippen LogP contribution in [0.15, 0.2) is 59.6 Å². The van der Waals surface area contributed by atoms with E-state index < -0.39 is 0 Å². The topological polar surface area (TPSA) is 54.9 Å². The van der Waals surface area contributed by atoms with Crippen LogP contribution in [0.5, 0.6) is 5.75 Å². The molecule has 0 saturated heterocycles. The summed E-state index contributed by atoms with van der Waals surface area (Å²) >= 11 is 0. The van der Waals surface area contributed by atoms with Crippen molar-refractivity contribution in [3.05, 3.63) is 65.7 Å². The summed E-state index contributed by atoms with van der Waals surface area (Å²) in [6.07, 6.45) is 0.882. The van der Waals surface area contributed by atoms with Gasteiger partial charge in [0, 0.05) is 33.7 Å². The lowest BCUT2D eigenvalue weighted by Crippen LogP contribution is -2.38. The molecule has 0 aliphatic rings. The lowest BCUT2D eigenvalue weighted by molar-refractivity contribution is 0.172. The van der Waals surface area contributed by atoms with Gasteiger partial charge >= 0.3 is 0 Å². The van der Waals surface area contributed by atoms with E-state index in [-0.39, 0.29) is 30.0 Å². The first kappa shape index (κ1) is 23.2. The van der Waals surface area contributed by atoms with E-state index in [1.165, 1.54) is 5.56 Å². The van der Waals surface area contributed by atoms with Gasteiger partial charge in [-0.3, -0.25) is 4.99 Å². The van der Waals surface area contributed by atoms with Gasteiger partial charge in [-0.1, -0.05) is 42.5 Å². The fourth-order valence-electron chi connectivity index (χ4n) is 2.55. The Bertz CT molecular complexity index is 680. The maximum atomic E-state index is 5.75. The van der Waals surface area contributed by atoms with Crippen LogP contribution in [0.4, 0.5) is 0 Å². The van der Waals surface area contributed by atoms with Crippen molar-refractivity contribution in [3.8, 4) is 5.75 Å². The van der Waals surface area contributed by atoms with E-state index in [1.807, 2.05) is 36.4 Å². The second kappa shape index (κ2) is 13.4. The lowest BCUT2D eigenvalue weighted by Gasteiger charge is -2.18. The average molecular weight is 483 g/mol. The Labute approximate surface area is 179 Å². The summed E-state index contributed by atoms with van der Waals surface area (Å²) in [7, 11) is 3.48. The summed E-state index contributed by atoms with van der Waals surface area (Å²) in [5.74, 6) is 1.65. The molecule has 2 aromatic carbocycles. The van der Waals surface area contributed by atoms with Gasteiger partial charge in [0.05, 0.1) is 12.6 Å². The quantitative estimate of drug-likeness (QED) is 0.244. The smallest absolute Gasteiger partial charge is 0.191 e. The molecule has 6 heteroatoms. The van der Waals surface area contributed by atoms with Crippen molar-refractivity contribution >= 4 is 29.9 Å². The third kappa shape index (κ3) is 8.62. The van der Waals surface area contributed by atoms with E-state index in [4.69, 9.17) is 9.47 Å². The summed E-state index contributed by atoms with van der Waals surface area (Å²) in [5, 5.41) is 6.76. The molecule has 2 aromatic rings. The minimum atomic E-state index is 0. The number of ether oxygens (including phenoxy) is 2. The number of halogens is 1. The van der Waals surface area contributed by atoms with E-state index in [0.29, 0.717) is 19.8 Å². The molecular weight excluding hydrogens is 453 g/mol. The normalized spacial score (nSPS) is 12.0. The van der Waals surface area contributed by atoms with Crippen molar-refractivity contribution in [2.75, 3.05) is 27.4 Å². The zero-order chi connectivity index (χ0) is 18.6. The van der Waals surface area contributed by atoms with Crippen molar-refractivity contribution < 1.29 is 9.47 Å². The van der Waals surface area contributed by atoms with Crippen LogP contribution in [-0.4, -0.2) is 33.3 Å². The minimum Gasteiger partial charge on any atom is -0.493 e. The Morgan fingerprint density at radius 3 is 2.56 bits per heavy atom. The number of aliphatic imine (C=N–C) groups is 1. The minimum absolute atomic E-state index is 0. The highest BCUT2D eigenvalue weighted by molar-refractivity contribution is 14.0. The molecule has 1 atom stereocenters. The molecule has 1 unspecified atom stereocenters. The van der Waals surface area contributed by atoms with Gasteiger partial charge < -0.3 is 20.1 Å². The molecule has 0 saturated carbocycles. The van der Waals surface area contributed by atoms with Crippen LogP contribution in [0.1, 0.15) is 30.5 Å². The zero-order valence-electron chi connectivity index (χ0n) is 16.3. The standard InChI is InChI=1S/C21H29N3O2.HI/c1-17(19-10-5-4-6-11-19)24-21(22-2)23-16-18-9-7-12-20(15-18)26-14-8-13-25-3;/h4-7,9-12,15,17H,8,13-14,16H2,1-3H3,(H2,22,23,24);1H. The van der Waals surface area contributed by atoms with Crippen molar-refractivity contribution in [3.63, 3.8) is 0 Å². The second-order valence-electron chi connectivity index (χ2n) is 6.04. The Morgan fingerprint density at radius 2 is 1.85 bits per heavy atom. The van der Waals surface area contributed by atoms with Crippen molar-refractivity contribution in [2.45, 2.75) is 25.9 Å². The Morgan fingerprint density at radius 1 is 1.07 bits per heavy atom. The number of nitrogens with zero attached hydrogens (tertiary/aromatic N) is 1. The molecule has 0 spiro atoms. The third-order valence-corrected chi connectivity index (χ3v) is 4.00. The van der Waals surface area contributed by atoms with E-state index in [1.54, 1.807) is 14.2 Å². The number of hydrogen-bond donors (Lipinski definition) is 2. The van der Waals surface area contributed by atoms with Crippen molar-refractivity contribution in [1.82, 2.24) is 10.6 Å². The Balaban J connectivity index is 0.00000364. The van der Waals surface area contributed by atoms with Gasteiger partial charge in [0.15, 0.2) is 5.96 Å². The molecule has 148 valence electrons. The molecule has 0 aromatic heterocycles. The fraction of sp³-hybridized carbons (Fsp3) is 0.381. The van der Waals surface area contributed by atoms with Gasteiger partial charge in [0.25, 0.3) is 0 Å². The monoisotopic (exact) mass is 483 g/mol. The van der Waals surface area contributed by atoms with Crippen LogP contribution in [0, 0.1) is 0 Å². The first-order valence-corrected chi connectivity index (χ1v) is 8.95. The first-order chi connectivity index (χ1) is 12.7. The van der Waals surface area contributed by atoms with Crippen LogP contribution in [0.25, 0.3) is 0 Å². The van der Waals surface area contributed by atoms with Crippen LogP contribution < -0.4 is 15.4 Å². The Hall–Kier alpha value is -1.80. The predicted molar refractivity (Wildman–Crippen MR) is 122 cm³/mol. The van der Waals surface area contributed by atoms with Gasteiger partial charge in [-0.25, -0.2) is 0 Å². The molecular formula is C21H30IN3O2. The molecule has 27 heavy (non-hydrogen) atoms. The van der Waals surface area contributed by atoms with E-state index in [0.717, 1.165) is 23.7 Å². The molecule has 0 radical (unpaired) electrons. The van der Waals surface area contributed by atoms with E-state index in [9.17, 15) is 0 Å². The van der Waals surface area contributed by atoms with Gasteiger partial charge in [-0.15, -0.1) is 24.0 Å². The Kier molecular flexibility index (Phi) is 11.5. The SMILES string of the molecule is CN=C(NCc1cccc(OCCCOC)c1)NC(C)c1ccccc1.I. The largest absolute Gasteiger partial charge is 0.493 e. The summed E-state index contributed by atoms with van der Waals surface area (Å²) in [5.41, 5.74) is 2.37. The number of benzene rings is 2. The maximum absolute atomic E-state index is 5.75. The molecule has 0 aliphatic carbocycles. The third-order valence-electron chi connectivity index (χ3n) is 4.00. The highest BCUT2D eigenvalue weighted by Gasteiger charge is 2.07. The summed E-state index contributed by atoms with van der Waals surface area (Å²) in [6.45, 7) is 4.17. The van der Waals surface area contributed by atoms with Crippen LogP contribution in [0.3, 0.4) is 0 Å². The van der Waals surface area contributed by atoms with Crippen LogP contribution >= 0.6 is 24.0 Å². The highest BCUT2D eigenvalue weighted by Crippen LogP contribution is 2.14. The van der Waals surface area contributed by atoms with E-state index in [2.05, 4.69) is 40.7 Å². The van der Waals surface area contributed by atoms with Crippen molar-refractivity contribution in [2.24, 2.45) is 4.99 Å². The van der Waals surface area contributed by atoms with E-state index >= 15 is 0 Å². The maximum Gasteiger partial charge on any atom is 0.191 e. The fourth-order valence-corrected chi connectivity index (χ4v) is 2.55. The summed E-state index contributed by atoms with van der Waals surface area (Å²) in [6, 6.07) is 18.6. The van der Waals surface area contributed by atoms with Gasteiger partial charge in [0.1, 0.15) is 5.75 Å². The highest BCUT2D eigenvalue weighted by atomic mass is 127. The summed E-state index contributed by atoms with van der Waals surface area (Å²) < 4.78 is 10.8. The number of methoxy groups -OCH3 is 1. The lowest BCUT2D eigenvalue weighted by atomic mass is 10.1. The molecule has 5 nitrogen and oxygen atoms in total. The number of hydrogen-bond acceptors (Lipinski definition) is 3. The molecule has 2 N–H and O–H groups in total. The second-order valence-corrected chi connectivity index (χ2v) is 6.04. The van der Waals surface area contributed by atoms with Gasteiger partial charge in [-0.2, -0.15) is 0 Å². The first-order valence-electron chi connectivity index (χ1n) is 8.95. The molecule has 0 heterocycles. The van der Waals surface area contributed by atoms with Crippen molar-refractivity contribution in [1.29, 1.82) is 0 Å². The summed E-state index contributed by atoms with van der Waals surface area (Å²) in [4.78, 5) is 4.31. The van der Waals surface area contributed by atoms with Gasteiger partial charge in [0.2, 0.25) is 0 Å². The average Bonchev–Trinajstić information content (AvgIpc) is 2.69. The molecule has 0 bridgehead atoms. The van der Waals surface area contributed by atoms with Crippen LogP contribution in [0.2, 0.25) is 0 Å². The van der Waals surface area contributed by atoms with Gasteiger partial charge in [-0.05, 0) is 30.2 Å². The molecule has 0 fully saturated rings. The molecule has 0 aliphatic heterocycles. The number of rotatable bonds is 9. The molecule has 2 rings (SSSR count). The molecule has 0 amide bonds. The number of guanidine groups is 1. The van der Waals surface area contributed by atoms with Crippen LogP contribution in [-0.2, 0) is 11.3 Å². The zero-order valence-corrected chi connectivity index (χ0v) is 18.6. The number of nitrogens with one attached hydrogen (secondary N) is 2. The predicted octanol–water partition coefficient (Wildman–Crippen LogP) is 4.15.